The second-order valence-corrected chi connectivity index (χ2v) is 5.77. The summed E-state index contributed by atoms with van der Waals surface area (Å²) in [5.74, 6) is 0.166. The number of hydrogen-bond acceptors (Lipinski definition) is 4. The van der Waals surface area contributed by atoms with Gasteiger partial charge in [0.2, 0.25) is 0 Å². The monoisotopic (exact) mass is 358 g/mol. The van der Waals surface area contributed by atoms with Crippen LogP contribution >= 0.6 is 23.2 Å². The number of carbonyl (C=O) groups is 1. The molecule has 24 heavy (non-hydrogen) atoms. The summed E-state index contributed by atoms with van der Waals surface area (Å²) in [6.45, 7) is 0. The Balaban J connectivity index is 1.67. The van der Waals surface area contributed by atoms with E-state index in [1.165, 1.54) is 0 Å². The Hall–Kier alpha value is -2.63. The molecule has 0 radical (unpaired) electrons. The second kappa shape index (κ2) is 7.29. The van der Waals surface area contributed by atoms with Gasteiger partial charge in [-0.1, -0.05) is 29.3 Å². The lowest BCUT2D eigenvalue weighted by atomic mass is 10.3. The molecule has 0 saturated carbocycles. The van der Waals surface area contributed by atoms with E-state index in [9.17, 15) is 4.79 Å². The first kappa shape index (κ1) is 16.2. The molecule has 7 heteroatoms. The number of amides is 1. The van der Waals surface area contributed by atoms with Gasteiger partial charge >= 0.3 is 0 Å². The van der Waals surface area contributed by atoms with Crippen LogP contribution in [0.5, 0.6) is 0 Å². The van der Waals surface area contributed by atoms with Gasteiger partial charge in [-0.05, 0) is 54.6 Å². The minimum atomic E-state index is -0.359. The molecular weight excluding hydrogens is 347 g/mol. The molecule has 120 valence electrons. The summed E-state index contributed by atoms with van der Waals surface area (Å²) >= 11 is 11.7. The summed E-state index contributed by atoms with van der Waals surface area (Å²) in [7, 11) is 0. The van der Waals surface area contributed by atoms with Gasteiger partial charge in [0.1, 0.15) is 0 Å². The maximum absolute atomic E-state index is 12.1. The van der Waals surface area contributed by atoms with Crippen molar-refractivity contribution in [2.75, 3.05) is 10.6 Å². The molecule has 0 fully saturated rings. The largest absolute Gasteiger partial charge is 0.339 e. The Bertz CT molecular complexity index is 851. The van der Waals surface area contributed by atoms with Crippen molar-refractivity contribution >= 4 is 46.3 Å². The van der Waals surface area contributed by atoms with Gasteiger partial charge < -0.3 is 10.6 Å². The molecule has 2 aromatic carbocycles. The molecule has 0 aliphatic heterocycles. The summed E-state index contributed by atoms with van der Waals surface area (Å²) in [6.07, 6.45) is 0. The maximum atomic E-state index is 12.1. The van der Waals surface area contributed by atoms with E-state index in [-0.39, 0.29) is 11.6 Å². The average molecular weight is 359 g/mol. The van der Waals surface area contributed by atoms with Crippen LogP contribution in [0.25, 0.3) is 0 Å². The maximum Gasteiger partial charge on any atom is 0.276 e. The highest BCUT2D eigenvalue weighted by Gasteiger charge is 2.09. The summed E-state index contributed by atoms with van der Waals surface area (Å²) in [6, 6.07) is 17.3. The minimum absolute atomic E-state index is 0.205. The Labute approximate surface area is 148 Å². The van der Waals surface area contributed by atoms with Gasteiger partial charge in [-0.3, -0.25) is 4.79 Å². The van der Waals surface area contributed by atoms with Crippen molar-refractivity contribution < 1.29 is 4.79 Å². The lowest BCUT2D eigenvalue weighted by molar-refractivity contribution is 0.102. The zero-order valence-electron chi connectivity index (χ0n) is 12.3. The van der Waals surface area contributed by atoms with Gasteiger partial charge in [-0.25, -0.2) is 0 Å². The van der Waals surface area contributed by atoms with E-state index >= 15 is 0 Å². The molecule has 2 N–H and O–H groups in total. The fraction of sp³-hybridized carbons (Fsp3) is 0. The lowest BCUT2D eigenvalue weighted by Crippen LogP contribution is -2.14. The highest BCUT2D eigenvalue weighted by atomic mass is 35.5. The fourth-order valence-electron chi connectivity index (χ4n) is 1.96. The number of benzene rings is 2. The third-order valence-corrected chi connectivity index (χ3v) is 3.58. The van der Waals surface area contributed by atoms with E-state index in [2.05, 4.69) is 20.8 Å². The number of anilines is 3. The number of hydrogen-bond donors (Lipinski definition) is 2. The van der Waals surface area contributed by atoms with Crippen LogP contribution in [-0.4, -0.2) is 16.1 Å². The Morgan fingerprint density at radius 3 is 2.29 bits per heavy atom. The van der Waals surface area contributed by atoms with Gasteiger partial charge in [-0.2, -0.15) is 0 Å². The van der Waals surface area contributed by atoms with Crippen LogP contribution in [0, 0.1) is 0 Å². The smallest absolute Gasteiger partial charge is 0.276 e. The van der Waals surface area contributed by atoms with Crippen LogP contribution in [0.4, 0.5) is 17.2 Å². The molecule has 0 bridgehead atoms. The normalized spacial score (nSPS) is 10.2. The Morgan fingerprint density at radius 2 is 1.62 bits per heavy atom. The van der Waals surface area contributed by atoms with Crippen molar-refractivity contribution in [1.82, 2.24) is 10.2 Å². The van der Waals surface area contributed by atoms with E-state index in [1.807, 2.05) is 12.1 Å². The molecule has 0 aliphatic carbocycles. The second-order valence-electron chi connectivity index (χ2n) is 4.90. The van der Waals surface area contributed by atoms with Gasteiger partial charge in [0, 0.05) is 21.4 Å². The number of nitrogens with one attached hydrogen (secondary N) is 2. The molecule has 1 aromatic heterocycles. The predicted octanol–water partition coefficient (Wildman–Crippen LogP) is 4.78. The highest BCUT2D eigenvalue weighted by molar-refractivity contribution is 6.31. The molecule has 0 atom stereocenters. The van der Waals surface area contributed by atoms with Crippen molar-refractivity contribution in [3.05, 3.63) is 76.4 Å². The predicted molar refractivity (Wildman–Crippen MR) is 96.2 cm³/mol. The molecule has 3 aromatic rings. The zero-order valence-corrected chi connectivity index (χ0v) is 13.8. The van der Waals surface area contributed by atoms with Crippen LogP contribution in [-0.2, 0) is 0 Å². The zero-order chi connectivity index (χ0) is 16.9. The Kier molecular flexibility index (Phi) is 4.93. The molecule has 0 aliphatic rings. The van der Waals surface area contributed by atoms with Crippen LogP contribution in [0.15, 0.2) is 60.7 Å². The number of carbonyl (C=O) groups excluding carboxylic acids is 1. The summed E-state index contributed by atoms with van der Waals surface area (Å²) in [4.78, 5) is 12.1. The summed E-state index contributed by atoms with van der Waals surface area (Å²) in [5.41, 5.74) is 1.62. The molecule has 1 amide bonds. The number of rotatable bonds is 4. The van der Waals surface area contributed by atoms with Crippen molar-refractivity contribution in [2.24, 2.45) is 0 Å². The number of aromatic nitrogens is 2. The molecule has 3 rings (SSSR count). The van der Waals surface area contributed by atoms with E-state index in [4.69, 9.17) is 23.2 Å². The van der Waals surface area contributed by atoms with E-state index in [0.717, 1.165) is 5.69 Å². The van der Waals surface area contributed by atoms with Crippen LogP contribution < -0.4 is 10.6 Å². The van der Waals surface area contributed by atoms with E-state index in [0.29, 0.717) is 21.6 Å². The molecule has 0 unspecified atom stereocenters. The lowest BCUT2D eigenvalue weighted by Gasteiger charge is -2.07. The topological polar surface area (TPSA) is 66.9 Å². The third-order valence-electron chi connectivity index (χ3n) is 3.10. The SMILES string of the molecule is O=C(Nc1cccc(Cl)c1)c1ccc(Nc2ccc(Cl)cc2)nn1. The van der Waals surface area contributed by atoms with Crippen molar-refractivity contribution in [3.63, 3.8) is 0 Å². The standard InChI is InChI=1S/C17H12Cl2N4O/c18-11-4-6-13(7-5-11)20-16-9-8-15(22-23-16)17(24)21-14-3-1-2-12(19)10-14/h1-10H,(H,20,23)(H,21,24). The Morgan fingerprint density at radius 1 is 0.833 bits per heavy atom. The molecule has 0 saturated heterocycles. The average Bonchev–Trinajstić information content (AvgIpc) is 2.57. The third kappa shape index (κ3) is 4.22. The highest BCUT2D eigenvalue weighted by Crippen LogP contribution is 2.18. The summed E-state index contributed by atoms with van der Waals surface area (Å²) < 4.78 is 0. The van der Waals surface area contributed by atoms with Gasteiger partial charge in [0.25, 0.3) is 5.91 Å². The molecule has 5 nitrogen and oxygen atoms in total. The molecular formula is C17H12Cl2N4O. The van der Waals surface area contributed by atoms with Crippen molar-refractivity contribution in [3.8, 4) is 0 Å². The quantitative estimate of drug-likeness (QED) is 0.704. The van der Waals surface area contributed by atoms with Crippen molar-refractivity contribution in [2.45, 2.75) is 0 Å². The first-order valence-electron chi connectivity index (χ1n) is 7.03. The number of nitrogens with zero attached hydrogens (tertiary/aromatic N) is 2. The number of halogens is 2. The minimum Gasteiger partial charge on any atom is -0.339 e. The van der Waals surface area contributed by atoms with Gasteiger partial charge in [0.05, 0.1) is 0 Å². The molecule has 0 spiro atoms. The van der Waals surface area contributed by atoms with Crippen LogP contribution in [0.3, 0.4) is 0 Å². The van der Waals surface area contributed by atoms with E-state index < -0.39 is 0 Å². The van der Waals surface area contributed by atoms with E-state index in [1.54, 1.807) is 48.5 Å². The van der Waals surface area contributed by atoms with Crippen LogP contribution in [0.2, 0.25) is 10.0 Å². The van der Waals surface area contributed by atoms with Gasteiger partial charge in [-0.15, -0.1) is 10.2 Å². The molecule has 1 heterocycles. The first-order valence-corrected chi connectivity index (χ1v) is 7.79. The van der Waals surface area contributed by atoms with Crippen LogP contribution in [0.1, 0.15) is 10.5 Å². The summed E-state index contributed by atoms with van der Waals surface area (Å²) in [5, 5.41) is 14.9. The van der Waals surface area contributed by atoms with Gasteiger partial charge in [0.15, 0.2) is 11.5 Å². The van der Waals surface area contributed by atoms with Crippen molar-refractivity contribution in [1.29, 1.82) is 0 Å². The fourth-order valence-corrected chi connectivity index (χ4v) is 2.28. The first-order chi connectivity index (χ1) is 11.6.